The van der Waals surface area contributed by atoms with Crippen molar-refractivity contribution >= 4 is 11.8 Å². The number of carbonyl (C=O) groups excluding carboxylic acids is 1. The maximum Gasteiger partial charge on any atom is 0.234 e. The van der Waals surface area contributed by atoms with Crippen LogP contribution in [0.3, 0.4) is 0 Å². The fourth-order valence-corrected chi connectivity index (χ4v) is 2.42. The number of nitrogens with one attached hydrogen (secondary N) is 2. The molecular formula is C13H21N3O2. The van der Waals surface area contributed by atoms with Gasteiger partial charge in [0.2, 0.25) is 11.8 Å². The van der Waals surface area contributed by atoms with Gasteiger partial charge in [-0.1, -0.05) is 19.0 Å². The van der Waals surface area contributed by atoms with Crippen LogP contribution in [0.2, 0.25) is 0 Å². The number of carbonyl (C=O) groups is 1. The highest BCUT2D eigenvalue weighted by Crippen LogP contribution is 2.35. The third kappa shape index (κ3) is 2.03. The van der Waals surface area contributed by atoms with Crippen molar-refractivity contribution in [2.75, 3.05) is 18.4 Å². The average molecular weight is 251 g/mol. The van der Waals surface area contributed by atoms with Gasteiger partial charge < -0.3 is 9.84 Å². The van der Waals surface area contributed by atoms with Crippen molar-refractivity contribution in [3.8, 4) is 0 Å². The molecule has 1 saturated heterocycles. The van der Waals surface area contributed by atoms with Crippen LogP contribution in [-0.4, -0.2) is 24.2 Å². The molecule has 0 bridgehead atoms. The van der Waals surface area contributed by atoms with Crippen LogP contribution in [0.15, 0.2) is 4.52 Å². The molecule has 1 amide bonds. The summed E-state index contributed by atoms with van der Waals surface area (Å²) in [5, 5.41) is 10.0. The predicted octanol–water partition coefficient (Wildman–Crippen LogP) is 1.87. The largest absolute Gasteiger partial charge is 0.338 e. The smallest absolute Gasteiger partial charge is 0.234 e. The van der Waals surface area contributed by atoms with E-state index in [1.165, 1.54) is 0 Å². The van der Waals surface area contributed by atoms with E-state index in [0.29, 0.717) is 5.88 Å². The van der Waals surface area contributed by atoms with Gasteiger partial charge in [-0.15, -0.1) is 0 Å². The number of aryl methyl sites for hydroxylation is 1. The summed E-state index contributed by atoms with van der Waals surface area (Å²) >= 11 is 0. The minimum absolute atomic E-state index is 0.0294. The van der Waals surface area contributed by atoms with Gasteiger partial charge >= 0.3 is 0 Å². The molecule has 2 rings (SSSR count). The van der Waals surface area contributed by atoms with E-state index >= 15 is 0 Å². The molecule has 5 heteroatoms. The molecule has 100 valence electrons. The first kappa shape index (κ1) is 13.1. The predicted molar refractivity (Wildman–Crippen MR) is 69.4 cm³/mol. The summed E-state index contributed by atoms with van der Waals surface area (Å²) in [6, 6.07) is 0. The van der Waals surface area contributed by atoms with Crippen LogP contribution in [0.1, 0.15) is 31.5 Å². The Morgan fingerprint density at radius 1 is 1.50 bits per heavy atom. The molecule has 2 heterocycles. The molecule has 18 heavy (non-hydrogen) atoms. The molecule has 1 atom stereocenters. The molecule has 1 aliphatic rings. The number of hydrogen-bond acceptors (Lipinski definition) is 4. The Morgan fingerprint density at radius 3 is 2.67 bits per heavy atom. The molecule has 1 aromatic heterocycles. The first-order valence-corrected chi connectivity index (χ1v) is 6.42. The van der Waals surface area contributed by atoms with Crippen LogP contribution in [0.25, 0.3) is 0 Å². The molecular weight excluding hydrogens is 230 g/mol. The standard InChI is InChI=1S/C13H21N3O2/c1-8(2)13(5-6-14-7-13)12(17)15-11-9(3)10(4)16-18-11/h8,14H,5-7H2,1-4H3,(H,15,17). The van der Waals surface area contributed by atoms with E-state index in [4.69, 9.17) is 4.52 Å². The van der Waals surface area contributed by atoms with E-state index in [2.05, 4.69) is 29.6 Å². The Kier molecular flexibility index (Phi) is 3.43. The Hall–Kier alpha value is -1.36. The van der Waals surface area contributed by atoms with Crippen LogP contribution < -0.4 is 10.6 Å². The maximum atomic E-state index is 12.5. The van der Waals surface area contributed by atoms with Crippen molar-refractivity contribution in [3.63, 3.8) is 0 Å². The maximum absolute atomic E-state index is 12.5. The third-order valence-corrected chi connectivity index (χ3v) is 4.13. The highest BCUT2D eigenvalue weighted by atomic mass is 16.5. The molecule has 0 aliphatic carbocycles. The first-order valence-electron chi connectivity index (χ1n) is 6.42. The Labute approximate surface area is 107 Å². The summed E-state index contributed by atoms with van der Waals surface area (Å²) in [6.45, 7) is 9.55. The van der Waals surface area contributed by atoms with Crippen molar-refractivity contribution in [1.29, 1.82) is 0 Å². The van der Waals surface area contributed by atoms with E-state index in [9.17, 15) is 4.79 Å². The normalized spacial score (nSPS) is 23.6. The number of hydrogen-bond donors (Lipinski definition) is 2. The van der Waals surface area contributed by atoms with Crippen LogP contribution in [0, 0.1) is 25.2 Å². The molecule has 1 aromatic rings. The number of rotatable bonds is 3. The van der Waals surface area contributed by atoms with Gasteiger partial charge in [0.25, 0.3) is 0 Å². The molecule has 0 spiro atoms. The van der Waals surface area contributed by atoms with E-state index in [-0.39, 0.29) is 17.2 Å². The molecule has 1 unspecified atom stereocenters. The molecule has 1 aliphatic heterocycles. The van der Waals surface area contributed by atoms with E-state index in [0.717, 1.165) is 30.8 Å². The topological polar surface area (TPSA) is 67.2 Å². The van der Waals surface area contributed by atoms with Gasteiger partial charge in [0.15, 0.2) is 0 Å². The fraction of sp³-hybridized carbons (Fsp3) is 0.692. The molecule has 0 radical (unpaired) electrons. The summed E-state index contributed by atoms with van der Waals surface area (Å²) in [5.41, 5.74) is 1.37. The van der Waals surface area contributed by atoms with E-state index in [1.807, 2.05) is 13.8 Å². The first-order chi connectivity index (χ1) is 8.47. The zero-order valence-electron chi connectivity index (χ0n) is 11.5. The van der Waals surface area contributed by atoms with E-state index in [1.54, 1.807) is 0 Å². The van der Waals surface area contributed by atoms with Gasteiger partial charge in [-0.2, -0.15) is 0 Å². The summed E-state index contributed by atoms with van der Waals surface area (Å²) in [7, 11) is 0. The third-order valence-electron chi connectivity index (χ3n) is 4.13. The summed E-state index contributed by atoms with van der Waals surface area (Å²) in [4.78, 5) is 12.5. The van der Waals surface area contributed by atoms with Crippen molar-refractivity contribution < 1.29 is 9.32 Å². The van der Waals surface area contributed by atoms with Crippen LogP contribution in [0.4, 0.5) is 5.88 Å². The average Bonchev–Trinajstić information content (AvgIpc) is 2.92. The van der Waals surface area contributed by atoms with Gasteiger partial charge in [-0.05, 0) is 32.7 Å². The van der Waals surface area contributed by atoms with Crippen LogP contribution in [-0.2, 0) is 4.79 Å². The Bertz CT molecular complexity index is 445. The van der Waals surface area contributed by atoms with Crippen molar-refractivity contribution in [1.82, 2.24) is 10.5 Å². The lowest BCUT2D eigenvalue weighted by molar-refractivity contribution is -0.127. The molecule has 5 nitrogen and oxygen atoms in total. The van der Waals surface area contributed by atoms with Gasteiger partial charge in [0.1, 0.15) is 0 Å². The lowest BCUT2D eigenvalue weighted by Crippen LogP contribution is -2.42. The van der Waals surface area contributed by atoms with Crippen molar-refractivity contribution in [2.45, 2.75) is 34.1 Å². The van der Waals surface area contributed by atoms with Gasteiger partial charge in [-0.25, -0.2) is 0 Å². The Balaban J connectivity index is 2.18. The van der Waals surface area contributed by atoms with Gasteiger partial charge in [0.05, 0.1) is 11.1 Å². The zero-order valence-corrected chi connectivity index (χ0v) is 11.5. The zero-order chi connectivity index (χ0) is 13.3. The van der Waals surface area contributed by atoms with Gasteiger partial charge in [-0.3, -0.25) is 10.1 Å². The molecule has 0 saturated carbocycles. The molecule has 0 aromatic carbocycles. The minimum atomic E-state index is -0.340. The summed E-state index contributed by atoms with van der Waals surface area (Å²) in [6.07, 6.45) is 0.864. The van der Waals surface area contributed by atoms with Gasteiger partial charge in [0, 0.05) is 12.1 Å². The second-order valence-electron chi connectivity index (χ2n) is 5.41. The summed E-state index contributed by atoms with van der Waals surface area (Å²) < 4.78 is 5.15. The highest BCUT2D eigenvalue weighted by molar-refractivity contribution is 5.95. The highest BCUT2D eigenvalue weighted by Gasteiger charge is 2.44. The number of anilines is 1. The van der Waals surface area contributed by atoms with Crippen molar-refractivity contribution in [2.24, 2.45) is 11.3 Å². The number of amides is 1. The molecule has 1 fully saturated rings. The monoisotopic (exact) mass is 251 g/mol. The second-order valence-corrected chi connectivity index (χ2v) is 5.41. The SMILES string of the molecule is Cc1noc(NC(=O)C2(C(C)C)CCNC2)c1C. The minimum Gasteiger partial charge on any atom is -0.338 e. The molecule has 2 N–H and O–H groups in total. The fourth-order valence-electron chi connectivity index (χ4n) is 2.42. The summed E-state index contributed by atoms with van der Waals surface area (Å²) in [5.74, 6) is 0.794. The lowest BCUT2D eigenvalue weighted by atomic mass is 9.75. The van der Waals surface area contributed by atoms with Crippen molar-refractivity contribution in [3.05, 3.63) is 11.3 Å². The Morgan fingerprint density at radius 2 is 2.22 bits per heavy atom. The quantitative estimate of drug-likeness (QED) is 0.860. The lowest BCUT2D eigenvalue weighted by Gasteiger charge is -2.30. The number of nitrogens with zero attached hydrogens (tertiary/aromatic N) is 1. The number of aromatic nitrogens is 1. The van der Waals surface area contributed by atoms with E-state index < -0.39 is 0 Å². The van der Waals surface area contributed by atoms with Crippen LogP contribution in [0.5, 0.6) is 0 Å². The van der Waals surface area contributed by atoms with Crippen LogP contribution >= 0.6 is 0 Å². The second kappa shape index (κ2) is 4.72.